The van der Waals surface area contributed by atoms with E-state index in [1.807, 2.05) is 67.6 Å². The number of rotatable bonds is 8. The molecule has 0 spiro atoms. The van der Waals surface area contributed by atoms with Crippen LogP contribution < -0.4 is 5.32 Å². The van der Waals surface area contributed by atoms with E-state index in [1.165, 1.54) is 0 Å². The third-order valence-corrected chi connectivity index (χ3v) is 5.66. The molecule has 0 aromatic heterocycles. The molecule has 1 aliphatic carbocycles. The predicted octanol–water partition coefficient (Wildman–Crippen LogP) is 2.90. The number of benzene rings is 2. The molecule has 1 aliphatic heterocycles. The minimum atomic E-state index is -0.668. The van der Waals surface area contributed by atoms with Crippen LogP contribution in [0.4, 0.5) is 0 Å². The lowest BCUT2D eigenvalue weighted by Crippen LogP contribution is -2.54. The van der Waals surface area contributed by atoms with Crippen LogP contribution in [0.2, 0.25) is 0 Å². The number of aliphatic hydroxyl groups is 1. The van der Waals surface area contributed by atoms with Gasteiger partial charge in [-0.1, -0.05) is 60.7 Å². The average Bonchev–Trinajstić information content (AvgIpc) is 3.17. The van der Waals surface area contributed by atoms with E-state index in [1.54, 1.807) is 0 Å². The molecule has 0 radical (unpaired) electrons. The number of aliphatic hydroxyl groups excluding tert-OH is 1. The highest BCUT2D eigenvalue weighted by atomic mass is 16.5. The Bertz CT molecular complexity index is 814. The first kappa shape index (κ1) is 20.8. The molecule has 5 atom stereocenters. The van der Waals surface area contributed by atoms with Gasteiger partial charge in [-0.25, -0.2) is 4.99 Å². The van der Waals surface area contributed by atoms with E-state index >= 15 is 0 Å². The summed E-state index contributed by atoms with van der Waals surface area (Å²) >= 11 is 0. The van der Waals surface area contributed by atoms with E-state index in [-0.39, 0.29) is 18.1 Å². The Morgan fingerprint density at radius 1 is 1.03 bits per heavy atom. The average molecular weight is 411 g/mol. The fourth-order valence-electron chi connectivity index (χ4n) is 4.11. The van der Waals surface area contributed by atoms with E-state index in [2.05, 4.69) is 10.3 Å². The first-order valence-electron chi connectivity index (χ1n) is 10.7. The number of aliphatic imine (C=N–C) groups is 1. The zero-order valence-electron chi connectivity index (χ0n) is 17.3. The van der Waals surface area contributed by atoms with Crippen molar-refractivity contribution < 1.29 is 19.3 Å². The summed E-state index contributed by atoms with van der Waals surface area (Å²) in [6.45, 7) is 4.14. The van der Waals surface area contributed by atoms with Crippen molar-refractivity contribution in [3.8, 4) is 0 Å². The zero-order valence-corrected chi connectivity index (χ0v) is 17.3. The third-order valence-electron chi connectivity index (χ3n) is 5.66. The fourth-order valence-corrected chi connectivity index (χ4v) is 4.11. The van der Waals surface area contributed by atoms with Crippen LogP contribution in [-0.4, -0.2) is 48.6 Å². The highest BCUT2D eigenvalue weighted by Crippen LogP contribution is 2.35. The van der Waals surface area contributed by atoms with E-state index in [0.717, 1.165) is 17.7 Å². The molecule has 6 nitrogen and oxygen atoms in total. The van der Waals surface area contributed by atoms with Crippen LogP contribution in [0, 0.1) is 5.92 Å². The molecule has 0 unspecified atom stereocenters. The van der Waals surface area contributed by atoms with Crippen LogP contribution in [0.5, 0.6) is 0 Å². The highest BCUT2D eigenvalue weighted by Gasteiger charge is 2.49. The van der Waals surface area contributed by atoms with Gasteiger partial charge in [0.15, 0.2) is 0 Å². The van der Waals surface area contributed by atoms with Gasteiger partial charge in [0.25, 0.3) is 6.02 Å². The maximum absolute atomic E-state index is 11.1. The maximum Gasteiger partial charge on any atom is 0.285 e. The number of amidine groups is 1. The van der Waals surface area contributed by atoms with Crippen molar-refractivity contribution in [3.05, 3.63) is 71.8 Å². The molecule has 1 heterocycles. The molecule has 4 rings (SSSR count). The minimum Gasteiger partial charge on any atom is -0.460 e. The number of fused-ring (bicyclic) bond motifs is 1. The van der Waals surface area contributed by atoms with Gasteiger partial charge in [0.05, 0.1) is 25.9 Å². The minimum absolute atomic E-state index is 0.0769. The van der Waals surface area contributed by atoms with Gasteiger partial charge in [0.1, 0.15) is 18.2 Å². The summed E-state index contributed by atoms with van der Waals surface area (Å²) in [4.78, 5) is 4.66. The van der Waals surface area contributed by atoms with Gasteiger partial charge in [0.2, 0.25) is 0 Å². The van der Waals surface area contributed by atoms with Gasteiger partial charge >= 0.3 is 0 Å². The lowest BCUT2D eigenvalue weighted by Gasteiger charge is -2.39. The molecule has 2 aliphatic rings. The van der Waals surface area contributed by atoms with E-state index in [0.29, 0.717) is 32.3 Å². The maximum atomic E-state index is 11.1. The first-order valence-corrected chi connectivity index (χ1v) is 10.7. The van der Waals surface area contributed by atoms with Crippen molar-refractivity contribution in [2.45, 2.75) is 50.9 Å². The van der Waals surface area contributed by atoms with Crippen molar-refractivity contribution in [3.63, 3.8) is 0 Å². The number of nitrogens with zero attached hydrogens (tertiary/aromatic N) is 1. The molecule has 1 fully saturated rings. The lowest BCUT2D eigenvalue weighted by atomic mass is 9.80. The zero-order chi connectivity index (χ0) is 20.8. The summed E-state index contributed by atoms with van der Waals surface area (Å²) in [5.74, 6) is -0.0769. The standard InChI is InChI=1S/C24H30N2O4/c1-2-25-24-26-21-20(30-24)13-19(16-28-14-17-9-5-3-6-10-17)22(27)23(21)29-15-18-11-7-4-8-12-18/h3-12,19-23,27H,2,13-16H2,1H3,(H,25,26)/t19-,20+,21+,22-,23-/m1/s1. The van der Waals surface area contributed by atoms with Crippen molar-refractivity contribution in [1.29, 1.82) is 0 Å². The topological polar surface area (TPSA) is 72.3 Å². The highest BCUT2D eigenvalue weighted by molar-refractivity contribution is 5.75. The Kier molecular flexibility index (Phi) is 7.00. The quantitative estimate of drug-likeness (QED) is 0.700. The summed E-state index contributed by atoms with van der Waals surface area (Å²) < 4.78 is 18.2. The Labute approximate surface area is 177 Å². The molecule has 2 aromatic rings. The molecular weight excluding hydrogens is 380 g/mol. The predicted molar refractivity (Wildman–Crippen MR) is 115 cm³/mol. The third kappa shape index (κ3) is 5.01. The van der Waals surface area contributed by atoms with Gasteiger partial charge in [0, 0.05) is 12.5 Å². The summed E-state index contributed by atoms with van der Waals surface area (Å²) in [7, 11) is 0. The molecule has 30 heavy (non-hydrogen) atoms. The van der Waals surface area contributed by atoms with Crippen molar-refractivity contribution in [2.24, 2.45) is 10.9 Å². The van der Waals surface area contributed by atoms with Crippen LogP contribution in [0.1, 0.15) is 24.5 Å². The normalized spacial score (nSPS) is 27.8. The second kappa shape index (κ2) is 10.1. The van der Waals surface area contributed by atoms with Gasteiger partial charge in [-0.3, -0.25) is 0 Å². The number of hydrogen-bond acceptors (Lipinski definition) is 6. The molecule has 6 heteroatoms. The second-order valence-corrected chi connectivity index (χ2v) is 7.86. The van der Waals surface area contributed by atoms with Crippen LogP contribution >= 0.6 is 0 Å². The summed E-state index contributed by atoms with van der Waals surface area (Å²) in [6, 6.07) is 20.4. The molecular formula is C24H30N2O4. The molecule has 160 valence electrons. The van der Waals surface area contributed by atoms with Crippen LogP contribution in [-0.2, 0) is 27.4 Å². The molecule has 0 saturated heterocycles. The molecule has 2 N–H and O–H groups in total. The van der Waals surface area contributed by atoms with E-state index in [4.69, 9.17) is 14.2 Å². The van der Waals surface area contributed by atoms with Crippen LogP contribution in [0.25, 0.3) is 0 Å². The van der Waals surface area contributed by atoms with Gasteiger partial charge in [-0.2, -0.15) is 0 Å². The molecule has 2 aromatic carbocycles. The van der Waals surface area contributed by atoms with E-state index in [9.17, 15) is 5.11 Å². The van der Waals surface area contributed by atoms with Crippen molar-refractivity contribution in [2.75, 3.05) is 13.2 Å². The monoisotopic (exact) mass is 410 g/mol. The van der Waals surface area contributed by atoms with Crippen LogP contribution in [0.15, 0.2) is 65.7 Å². The molecule has 1 saturated carbocycles. The Balaban J connectivity index is 1.41. The Morgan fingerprint density at radius 3 is 2.37 bits per heavy atom. The number of hydrogen-bond donors (Lipinski definition) is 2. The summed E-state index contributed by atoms with van der Waals surface area (Å²) in [6.07, 6.45) is -0.539. The van der Waals surface area contributed by atoms with Gasteiger partial charge in [-0.15, -0.1) is 0 Å². The van der Waals surface area contributed by atoms with Gasteiger partial charge in [-0.05, 0) is 24.5 Å². The second-order valence-electron chi connectivity index (χ2n) is 7.86. The smallest absolute Gasteiger partial charge is 0.285 e. The van der Waals surface area contributed by atoms with Crippen molar-refractivity contribution >= 4 is 6.02 Å². The Hall–Kier alpha value is -2.41. The summed E-state index contributed by atoms with van der Waals surface area (Å²) in [5.41, 5.74) is 2.19. The van der Waals surface area contributed by atoms with Crippen LogP contribution in [0.3, 0.4) is 0 Å². The van der Waals surface area contributed by atoms with Crippen molar-refractivity contribution in [1.82, 2.24) is 5.32 Å². The molecule has 0 amide bonds. The largest absolute Gasteiger partial charge is 0.460 e. The SMILES string of the molecule is CCNC1=N[C@@H]2[C@@H](OCc3ccccc3)[C@H](O)[C@@H](COCc3ccccc3)C[C@@H]2O1. The lowest BCUT2D eigenvalue weighted by molar-refractivity contribution is -0.134. The summed E-state index contributed by atoms with van der Waals surface area (Å²) in [5, 5.41) is 14.3. The molecule has 0 bridgehead atoms. The van der Waals surface area contributed by atoms with Gasteiger partial charge < -0.3 is 24.6 Å². The number of ether oxygens (including phenoxy) is 3. The fraction of sp³-hybridized carbons (Fsp3) is 0.458. The number of nitrogens with one attached hydrogen (secondary N) is 1. The van der Waals surface area contributed by atoms with E-state index < -0.39 is 12.2 Å². The Morgan fingerprint density at radius 2 is 1.70 bits per heavy atom. The first-order chi connectivity index (χ1) is 14.7.